The van der Waals surface area contributed by atoms with Gasteiger partial charge in [-0.05, 0) is 44.9 Å². The van der Waals surface area contributed by atoms with E-state index in [2.05, 4.69) is 5.48 Å². The molecule has 1 aliphatic carbocycles. The first-order valence-corrected chi connectivity index (χ1v) is 7.30. The number of hydrogen-bond acceptors (Lipinski definition) is 4. The zero-order valence-electron chi connectivity index (χ0n) is 12.5. The summed E-state index contributed by atoms with van der Waals surface area (Å²) in [5, 5.41) is 18.4. The first-order chi connectivity index (χ1) is 10.3. The van der Waals surface area contributed by atoms with E-state index in [0.717, 1.165) is 12.1 Å². The lowest BCUT2D eigenvalue weighted by atomic mass is 9.74. The molecular weight excluding hydrogens is 295 g/mol. The van der Waals surface area contributed by atoms with Crippen molar-refractivity contribution < 1.29 is 18.0 Å². The summed E-state index contributed by atoms with van der Waals surface area (Å²) in [6.07, 6.45) is -1.75. The summed E-state index contributed by atoms with van der Waals surface area (Å²) in [6, 6.07) is 3.62. The minimum absolute atomic E-state index is 0.0414. The van der Waals surface area contributed by atoms with E-state index in [0.29, 0.717) is 19.4 Å². The van der Waals surface area contributed by atoms with Gasteiger partial charge < -0.3 is 0 Å². The molecule has 0 aliphatic heterocycles. The van der Waals surface area contributed by atoms with E-state index in [1.165, 1.54) is 0 Å². The van der Waals surface area contributed by atoms with Gasteiger partial charge in [-0.3, -0.25) is 10.3 Å². The number of nitrogens with one attached hydrogen (secondary N) is 1. The standard InChI is InChI=1S/C15H20F3N3O/c1-2-22-21-13-5-3-12(4-6-13)9-14(10-19,11-20)7-8-15(16,17)18/h5,12,21H,2-4,6-9H2,1H3. The fourth-order valence-electron chi connectivity index (χ4n) is 2.51. The fourth-order valence-corrected chi connectivity index (χ4v) is 2.51. The van der Waals surface area contributed by atoms with E-state index in [-0.39, 0.29) is 12.3 Å². The molecule has 0 heterocycles. The van der Waals surface area contributed by atoms with Crippen LogP contribution in [-0.4, -0.2) is 12.8 Å². The van der Waals surface area contributed by atoms with Crippen LogP contribution in [0, 0.1) is 34.0 Å². The van der Waals surface area contributed by atoms with E-state index in [9.17, 15) is 23.7 Å². The molecule has 0 bridgehead atoms. The van der Waals surface area contributed by atoms with Crippen LogP contribution in [0.5, 0.6) is 0 Å². The molecule has 1 aliphatic rings. The predicted molar refractivity (Wildman–Crippen MR) is 73.8 cm³/mol. The molecule has 0 aromatic heterocycles. The van der Waals surface area contributed by atoms with Gasteiger partial charge in [0.25, 0.3) is 0 Å². The molecule has 122 valence electrons. The van der Waals surface area contributed by atoms with Crippen molar-refractivity contribution in [2.45, 2.75) is 51.6 Å². The first kappa shape index (κ1) is 18.3. The molecule has 1 rings (SSSR count). The third-order valence-electron chi connectivity index (χ3n) is 3.77. The molecule has 1 unspecified atom stereocenters. The van der Waals surface area contributed by atoms with E-state index in [1.54, 1.807) is 0 Å². The molecule has 22 heavy (non-hydrogen) atoms. The molecule has 4 nitrogen and oxygen atoms in total. The molecule has 0 saturated heterocycles. The van der Waals surface area contributed by atoms with Crippen molar-refractivity contribution in [2.75, 3.05) is 6.61 Å². The van der Waals surface area contributed by atoms with Gasteiger partial charge in [-0.2, -0.15) is 23.7 Å². The maximum absolute atomic E-state index is 12.4. The quantitative estimate of drug-likeness (QED) is 0.722. The maximum atomic E-state index is 12.4. The van der Waals surface area contributed by atoms with E-state index >= 15 is 0 Å². The number of nitrogens with zero attached hydrogens (tertiary/aromatic N) is 2. The van der Waals surface area contributed by atoms with Gasteiger partial charge in [0.1, 0.15) is 5.41 Å². The van der Waals surface area contributed by atoms with Gasteiger partial charge in [0, 0.05) is 12.1 Å². The van der Waals surface area contributed by atoms with E-state index < -0.39 is 24.4 Å². The topological polar surface area (TPSA) is 68.8 Å². The molecule has 0 radical (unpaired) electrons. The van der Waals surface area contributed by atoms with Crippen LogP contribution in [0.25, 0.3) is 0 Å². The molecule has 0 fully saturated rings. The molecule has 7 heteroatoms. The summed E-state index contributed by atoms with van der Waals surface area (Å²) in [5.41, 5.74) is 2.19. The normalized spacial score (nSPS) is 19.0. The van der Waals surface area contributed by atoms with Gasteiger partial charge in [0.2, 0.25) is 0 Å². The zero-order chi connectivity index (χ0) is 16.6. The van der Waals surface area contributed by atoms with Crippen molar-refractivity contribution in [2.24, 2.45) is 11.3 Å². The van der Waals surface area contributed by atoms with Crippen molar-refractivity contribution in [1.29, 1.82) is 10.5 Å². The Balaban J connectivity index is 2.60. The highest BCUT2D eigenvalue weighted by molar-refractivity contribution is 5.15. The average Bonchev–Trinajstić information content (AvgIpc) is 2.50. The molecule has 0 spiro atoms. The molecule has 0 saturated carbocycles. The van der Waals surface area contributed by atoms with Crippen molar-refractivity contribution in [3.63, 3.8) is 0 Å². The number of nitriles is 2. The second kappa shape index (κ2) is 8.05. The predicted octanol–water partition coefficient (Wildman–Crippen LogP) is 3.98. The smallest absolute Gasteiger partial charge is 0.277 e. The number of hydrogen-bond donors (Lipinski definition) is 1. The monoisotopic (exact) mass is 315 g/mol. The second-order valence-corrected chi connectivity index (χ2v) is 5.53. The Morgan fingerprint density at radius 2 is 2.00 bits per heavy atom. The highest BCUT2D eigenvalue weighted by Crippen LogP contribution is 2.38. The largest absolute Gasteiger partial charge is 0.389 e. The van der Waals surface area contributed by atoms with Gasteiger partial charge >= 0.3 is 6.18 Å². The van der Waals surface area contributed by atoms with Gasteiger partial charge in [0.05, 0.1) is 18.7 Å². The Labute approximate surface area is 128 Å². The number of alkyl halides is 3. The van der Waals surface area contributed by atoms with Crippen LogP contribution in [0.3, 0.4) is 0 Å². The van der Waals surface area contributed by atoms with Crippen LogP contribution < -0.4 is 5.48 Å². The summed E-state index contributed by atoms with van der Waals surface area (Å²) in [5.74, 6) is 0.0414. The van der Waals surface area contributed by atoms with Crippen molar-refractivity contribution in [1.82, 2.24) is 5.48 Å². The molecule has 0 amide bonds. The first-order valence-electron chi connectivity index (χ1n) is 7.30. The highest BCUT2D eigenvalue weighted by Gasteiger charge is 2.38. The fraction of sp³-hybridized carbons (Fsp3) is 0.733. The number of rotatable bonds is 7. The van der Waals surface area contributed by atoms with Crippen molar-refractivity contribution in [3.05, 3.63) is 11.8 Å². The van der Waals surface area contributed by atoms with Crippen molar-refractivity contribution >= 4 is 0 Å². The third-order valence-corrected chi connectivity index (χ3v) is 3.77. The molecule has 0 aromatic carbocycles. The summed E-state index contributed by atoms with van der Waals surface area (Å²) in [7, 11) is 0. The Bertz CT molecular complexity index is 460. The van der Waals surface area contributed by atoms with Gasteiger partial charge in [-0.25, -0.2) is 0 Å². The number of allylic oxidation sites excluding steroid dienone is 2. The minimum atomic E-state index is -4.35. The van der Waals surface area contributed by atoms with Crippen LogP contribution in [-0.2, 0) is 4.84 Å². The van der Waals surface area contributed by atoms with Crippen LogP contribution >= 0.6 is 0 Å². The van der Waals surface area contributed by atoms with Gasteiger partial charge in [-0.15, -0.1) is 0 Å². The SMILES string of the molecule is CCONC1=CCC(CC(C#N)(C#N)CCC(F)(F)F)CC1. The van der Waals surface area contributed by atoms with Crippen LogP contribution in [0.1, 0.15) is 45.4 Å². The lowest BCUT2D eigenvalue weighted by molar-refractivity contribution is -0.138. The summed E-state index contributed by atoms with van der Waals surface area (Å²) < 4.78 is 37.1. The summed E-state index contributed by atoms with van der Waals surface area (Å²) in [4.78, 5) is 5.08. The molecular formula is C15H20F3N3O. The van der Waals surface area contributed by atoms with Crippen molar-refractivity contribution in [3.8, 4) is 12.1 Å². The lowest BCUT2D eigenvalue weighted by Crippen LogP contribution is -2.26. The van der Waals surface area contributed by atoms with Gasteiger partial charge in [0.15, 0.2) is 0 Å². The number of halogens is 3. The van der Waals surface area contributed by atoms with E-state index in [1.807, 2.05) is 25.1 Å². The number of hydroxylamine groups is 1. The van der Waals surface area contributed by atoms with Crippen LogP contribution in [0.4, 0.5) is 13.2 Å². The average molecular weight is 315 g/mol. The Morgan fingerprint density at radius 3 is 2.45 bits per heavy atom. The minimum Gasteiger partial charge on any atom is -0.277 e. The second-order valence-electron chi connectivity index (χ2n) is 5.53. The Kier molecular flexibility index (Phi) is 6.70. The van der Waals surface area contributed by atoms with Crippen LogP contribution in [0.15, 0.2) is 11.8 Å². The van der Waals surface area contributed by atoms with Crippen LogP contribution in [0.2, 0.25) is 0 Å². The molecule has 1 N–H and O–H groups in total. The van der Waals surface area contributed by atoms with E-state index in [4.69, 9.17) is 4.84 Å². The summed E-state index contributed by atoms with van der Waals surface area (Å²) >= 11 is 0. The maximum Gasteiger partial charge on any atom is 0.389 e. The lowest BCUT2D eigenvalue weighted by Gasteiger charge is -2.28. The highest BCUT2D eigenvalue weighted by atomic mass is 19.4. The molecule has 0 aromatic rings. The molecule has 1 atom stereocenters. The zero-order valence-corrected chi connectivity index (χ0v) is 12.5. The Morgan fingerprint density at radius 1 is 1.32 bits per heavy atom. The third kappa shape index (κ3) is 5.95. The summed E-state index contributed by atoms with van der Waals surface area (Å²) in [6.45, 7) is 2.39. The van der Waals surface area contributed by atoms with Gasteiger partial charge in [-0.1, -0.05) is 6.08 Å². The Hall–Kier alpha value is -1.73.